The number of aliphatic hydroxyl groups excluding tert-OH is 1. The van der Waals surface area contributed by atoms with Crippen molar-refractivity contribution in [2.75, 3.05) is 18.3 Å². The van der Waals surface area contributed by atoms with E-state index in [1.54, 1.807) is 51.1 Å². The molecule has 0 radical (unpaired) electrons. The molecule has 2 aliphatic heterocycles. The summed E-state index contributed by atoms with van der Waals surface area (Å²) in [5, 5.41) is 20.8. The minimum atomic E-state index is -0.900. The molecule has 8 heteroatoms. The number of benzene rings is 2. The monoisotopic (exact) mass is 425 g/mol. The molecule has 0 fully saturated rings. The SMILES string of the molecule is CCOc1cc(C2C(C(=O)C(C)C)=C(O)C(=O)N2c2ccc3c(c2)OCO3)ccc1O. The number of phenolic OH excluding ortho intramolecular Hbond substituents is 1. The van der Waals surface area contributed by atoms with Crippen LogP contribution in [0, 0.1) is 5.92 Å². The molecule has 1 atom stereocenters. The van der Waals surface area contributed by atoms with Crippen LogP contribution in [0.3, 0.4) is 0 Å². The molecule has 1 unspecified atom stereocenters. The Morgan fingerprint density at radius 1 is 1.16 bits per heavy atom. The van der Waals surface area contributed by atoms with Crippen molar-refractivity contribution in [3.63, 3.8) is 0 Å². The normalized spacial score (nSPS) is 17.6. The molecule has 0 spiro atoms. The van der Waals surface area contributed by atoms with Crippen molar-refractivity contribution in [1.82, 2.24) is 0 Å². The fourth-order valence-corrected chi connectivity index (χ4v) is 3.76. The van der Waals surface area contributed by atoms with Crippen molar-refractivity contribution in [3.05, 3.63) is 53.3 Å². The Balaban J connectivity index is 1.87. The molecule has 2 N–H and O–H groups in total. The fraction of sp³-hybridized carbons (Fsp3) is 0.304. The van der Waals surface area contributed by atoms with Gasteiger partial charge in [-0.25, -0.2) is 0 Å². The molecule has 0 bridgehead atoms. The highest BCUT2D eigenvalue weighted by molar-refractivity contribution is 6.17. The molecule has 2 heterocycles. The van der Waals surface area contributed by atoms with Crippen molar-refractivity contribution >= 4 is 17.4 Å². The second-order valence-electron chi connectivity index (χ2n) is 7.56. The number of ether oxygens (including phenoxy) is 3. The molecule has 0 aliphatic carbocycles. The Morgan fingerprint density at radius 2 is 1.90 bits per heavy atom. The maximum atomic E-state index is 13.1. The molecule has 162 valence electrons. The van der Waals surface area contributed by atoms with Gasteiger partial charge in [0.2, 0.25) is 6.79 Å². The van der Waals surface area contributed by atoms with Crippen LogP contribution in [-0.4, -0.2) is 35.3 Å². The van der Waals surface area contributed by atoms with E-state index in [2.05, 4.69) is 0 Å². The first-order valence-electron chi connectivity index (χ1n) is 9.99. The third kappa shape index (κ3) is 3.43. The number of carbonyl (C=O) groups excluding carboxylic acids is 2. The van der Waals surface area contributed by atoms with Crippen LogP contribution in [0.25, 0.3) is 0 Å². The molecule has 0 saturated carbocycles. The molecule has 0 aromatic heterocycles. The lowest BCUT2D eigenvalue weighted by Gasteiger charge is -2.28. The molecule has 8 nitrogen and oxygen atoms in total. The zero-order valence-corrected chi connectivity index (χ0v) is 17.4. The minimum absolute atomic E-state index is 0.00538. The molecule has 0 saturated heterocycles. The van der Waals surface area contributed by atoms with Gasteiger partial charge in [0, 0.05) is 17.7 Å². The van der Waals surface area contributed by atoms with E-state index < -0.39 is 23.6 Å². The number of nitrogens with zero attached hydrogens (tertiary/aromatic N) is 1. The first kappa shape index (κ1) is 20.6. The Labute approximate surface area is 179 Å². The van der Waals surface area contributed by atoms with E-state index in [9.17, 15) is 19.8 Å². The predicted molar refractivity (Wildman–Crippen MR) is 112 cm³/mol. The largest absolute Gasteiger partial charge is 0.504 e. The number of hydrogen-bond donors (Lipinski definition) is 2. The number of fused-ring (bicyclic) bond motifs is 1. The Hall–Kier alpha value is -3.68. The maximum absolute atomic E-state index is 13.1. The second kappa shape index (κ2) is 7.86. The average Bonchev–Trinajstić information content (AvgIpc) is 3.31. The van der Waals surface area contributed by atoms with Gasteiger partial charge in [-0.3, -0.25) is 14.5 Å². The first-order valence-corrected chi connectivity index (χ1v) is 9.99. The number of amides is 1. The number of aromatic hydroxyl groups is 1. The molecule has 2 aromatic carbocycles. The summed E-state index contributed by atoms with van der Waals surface area (Å²) in [6.45, 7) is 5.59. The predicted octanol–water partition coefficient (Wildman–Crippen LogP) is 3.64. The standard InChI is InChI=1S/C23H23NO7/c1-4-29-17-9-13(5-7-15(17)25)20-19(21(26)12(2)3)22(27)23(28)24(20)14-6-8-16-18(10-14)31-11-30-16/h5-10,12,20,25,27H,4,11H2,1-3H3. The average molecular weight is 425 g/mol. The van der Waals surface area contributed by atoms with E-state index in [1.165, 1.54) is 11.0 Å². The van der Waals surface area contributed by atoms with E-state index in [0.29, 0.717) is 29.4 Å². The number of rotatable bonds is 6. The van der Waals surface area contributed by atoms with Crippen LogP contribution >= 0.6 is 0 Å². The number of carbonyl (C=O) groups is 2. The minimum Gasteiger partial charge on any atom is -0.504 e. The van der Waals surface area contributed by atoms with E-state index in [0.717, 1.165) is 0 Å². The van der Waals surface area contributed by atoms with Gasteiger partial charge in [0.15, 0.2) is 34.5 Å². The van der Waals surface area contributed by atoms with Crippen LogP contribution in [0.1, 0.15) is 32.4 Å². The smallest absolute Gasteiger partial charge is 0.294 e. The number of phenols is 1. The molecule has 31 heavy (non-hydrogen) atoms. The van der Waals surface area contributed by atoms with Crippen LogP contribution < -0.4 is 19.1 Å². The summed E-state index contributed by atoms with van der Waals surface area (Å²) in [4.78, 5) is 27.5. The number of aliphatic hydroxyl groups is 1. The summed E-state index contributed by atoms with van der Waals surface area (Å²) in [5.74, 6) is -0.891. The number of hydrogen-bond acceptors (Lipinski definition) is 7. The van der Waals surface area contributed by atoms with Crippen molar-refractivity contribution in [3.8, 4) is 23.0 Å². The molecular formula is C23H23NO7. The summed E-state index contributed by atoms with van der Waals surface area (Å²) < 4.78 is 16.2. The summed E-state index contributed by atoms with van der Waals surface area (Å²) in [6.07, 6.45) is 0. The van der Waals surface area contributed by atoms with Gasteiger partial charge in [0.25, 0.3) is 5.91 Å². The topological polar surface area (TPSA) is 106 Å². The van der Waals surface area contributed by atoms with Gasteiger partial charge < -0.3 is 24.4 Å². The van der Waals surface area contributed by atoms with Gasteiger partial charge in [-0.15, -0.1) is 0 Å². The number of anilines is 1. The van der Waals surface area contributed by atoms with Crippen molar-refractivity contribution in [2.45, 2.75) is 26.8 Å². The molecule has 4 rings (SSSR count). The lowest BCUT2D eigenvalue weighted by Crippen LogP contribution is -2.31. The highest BCUT2D eigenvalue weighted by atomic mass is 16.7. The van der Waals surface area contributed by atoms with Gasteiger partial charge in [0.05, 0.1) is 18.2 Å². The van der Waals surface area contributed by atoms with Crippen molar-refractivity contribution in [1.29, 1.82) is 0 Å². The third-order valence-corrected chi connectivity index (χ3v) is 5.23. The highest BCUT2D eigenvalue weighted by Crippen LogP contribution is 2.45. The summed E-state index contributed by atoms with van der Waals surface area (Å²) in [6, 6.07) is 8.68. The molecular weight excluding hydrogens is 402 g/mol. The van der Waals surface area contributed by atoms with Gasteiger partial charge in [-0.05, 0) is 36.8 Å². The fourth-order valence-electron chi connectivity index (χ4n) is 3.76. The second-order valence-corrected chi connectivity index (χ2v) is 7.56. The molecule has 1 amide bonds. The Morgan fingerprint density at radius 3 is 2.61 bits per heavy atom. The lowest BCUT2D eigenvalue weighted by molar-refractivity contribution is -0.119. The summed E-state index contributed by atoms with van der Waals surface area (Å²) in [7, 11) is 0. The van der Waals surface area contributed by atoms with Gasteiger partial charge in [-0.2, -0.15) is 0 Å². The quantitative estimate of drug-likeness (QED) is 0.728. The zero-order chi connectivity index (χ0) is 22.3. The van der Waals surface area contributed by atoms with Crippen LogP contribution in [0.2, 0.25) is 0 Å². The lowest BCUT2D eigenvalue weighted by atomic mass is 9.91. The Kier molecular flexibility index (Phi) is 5.22. The zero-order valence-electron chi connectivity index (χ0n) is 17.4. The number of Topliss-reactive ketones (excluding diaryl/α,β-unsaturated/α-hetero) is 1. The van der Waals surface area contributed by atoms with E-state index in [4.69, 9.17) is 14.2 Å². The van der Waals surface area contributed by atoms with Crippen LogP contribution in [0.15, 0.2) is 47.7 Å². The van der Waals surface area contributed by atoms with Gasteiger partial charge >= 0.3 is 0 Å². The van der Waals surface area contributed by atoms with E-state index in [-0.39, 0.29) is 29.6 Å². The highest BCUT2D eigenvalue weighted by Gasteiger charge is 2.45. The third-order valence-electron chi connectivity index (χ3n) is 5.23. The Bertz CT molecular complexity index is 1090. The summed E-state index contributed by atoms with van der Waals surface area (Å²) in [5.41, 5.74) is 0.953. The number of ketones is 1. The van der Waals surface area contributed by atoms with E-state index in [1.807, 2.05) is 0 Å². The van der Waals surface area contributed by atoms with E-state index >= 15 is 0 Å². The van der Waals surface area contributed by atoms with Crippen LogP contribution in [-0.2, 0) is 9.59 Å². The summed E-state index contributed by atoms with van der Waals surface area (Å²) >= 11 is 0. The van der Waals surface area contributed by atoms with Crippen LogP contribution in [0.4, 0.5) is 5.69 Å². The first-order chi connectivity index (χ1) is 14.8. The molecule has 2 aliphatic rings. The van der Waals surface area contributed by atoms with Gasteiger partial charge in [-0.1, -0.05) is 19.9 Å². The van der Waals surface area contributed by atoms with Crippen LogP contribution in [0.5, 0.6) is 23.0 Å². The van der Waals surface area contributed by atoms with Crippen molar-refractivity contribution < 1.29 is 34.0 Å². The van der Waals surface area contributed by atoms with Crippen molar-refractivity contribution in [2.24, 2.45) is 5.92 Å². The van der Waals surface area contributed by atoms with Gasteiger partial charge in [0.1, 0.15) is 0 Å². The maximum Gasteiger partial charge on any atom is 0.294 e. The molecule has 2 aromatic rings.